The van der Waals surface area contributed by atoms with E-state index < -0.39 is 17.8 Å². The van der Waals surface area contributed by atoms with E-state index in [1.54, 1.807) is 0 Å². The maximum absolute atomic E-state index is 12.0. The van der Waals surface area contributed by atoms with Crippen molar-refractivity contribution in [2.45, 2.75) is 25.1 Å². The molecule has 2 heterocycles. The van der Waals surface area contributed by atoms with E-state index in [0.29, 0.717) is 18.5 Å². The molecule has 0 spiro atoms. The Labute approximate surface area is 117 Å². The zero-order valence-corrected chi connectivity index (χ0v) is 10.9. The molecule has 9 heteroatoms. The maximum Gasteiger partial charge on any atom is 0.433 e. The minimum atomic E-state index is -4.42. The molecule has 21 heavy (non-hydrogen) atoms. The Morgan fingerprint density at radius 2 is 2.10 bits per heavy atom. The molecule has 0 saturated carbocycles. The molecule has 1 aromatic rings. The van der Waals surface area contributed by atoms with Crippen molar-refractivity contribution in [2.75, 3.05) is 13.1 Å². The number of carbonyl (C=O) groups is 1. The summed E-state index contributed by atoms with van der Waals surface area (Å²) in [6.45, 7) is 0.509. The fraction of sp³-hybridized carbons (Fsp3) is 0.500. The fourth-order valence-electron chi connectivity index (χ4n) is 1.49. The largest absolute Gasteiger partial charge is 0.433 e. The van der Waals surface area contributed by atoms with E-state index in [4.69, 9.17) is 0 Å². The van der Waals surface area contributed by atoms with E-state index in [-0.39, 0.29) is 19.5 Å². The van der Waals surface area contributed by atoms with Crippen molar-refractivity contribution >= 4 is 6.41 Å². The number of nitrogens with zero attached hydrogens (tertiary/aromatic N) is 1. The summed E-state index contributed by atoms with van der Waals surface area (Å²) in [4.78, 5) is 13.1. The number of carbonyl (C=O) groups excluding carboxylic acids is 1. The van der Waals surface area contributed by atoms with Gasteiger partial charge in [0, 0.05) is 25.7 Å². The Kier molecular flexibility index (Phi) is 6.01. The molecule has 118 valence electrons. The Hall–Kier alpha value is -1.77. The second-order valence-corrected chi connectivity index (χ2v) is 4.33. The van der Waals surface area contributed by atoms with Crippen LogP contribution < -0.4 is 10.6 Å². The molecule has 0 atom stereocenters. The first-order valence-corrected chi connectivity index (χ1v) is 6.02. The lowest BCUT2D eigenvalue weighted by Gasteiger charge is -2.05. The number of rotatable bonds is 3. The van der Waals surface area contributed by atoms with E-state index in [9.17, 15) is 26.7 Å². The smallest absolute Gasteiger partial charge is 0.355 e. The van der Waals surface area contributed by atoms with Crippen molar-refractivity contribution in [2.24, 2.45) is 0 Å². The molecule has 4 nitrogen and oxygen atoms in total. The number of halogens is 5. The van der Waals surface area contributed by atoms with Gasteiger partial charge in [-0.2, -0.15) is 13.2 Å². The van der Waals surface area contributed by atoms with Gasteiger partial charge in [-0.1, -0.05) is 6.07 Å². The highest BCUT2D eigenvalue weighted by Crippen LogP contribution is 2.27. The van der Waals surface area contributed by atoms with Gasteiger partial charge in [0.2, 0.25) is 6.41 Å². The van der Waals surface area contributed by atoms with Gasteiger partial charge in [0.25, 0.3) is 5.92 Å². The number of hydrogen-bond donors (Lipinski definition) is 2. The molecule has 0 radical (unpaired) electrons. The second-order valence-electron chi connectivity index (χ2n) is 4.33. The van der Waals surface area contributed by atoms with Crippen molar-refractivity contribution in [3.8, 4) is 0 Å². The monoisotopic (exact) mass is 311 g/mol. The predicted octanol–water partition coefficient (Wildman–Crippen LogP) is 1.96. The number of hydrogen-bond acceptors (Lipinski definition) is 3. The van der Waals surface area contributed by atoms with E-state index in [0.717, 1.165) is 12.3 Å². The first kappa shape index (κ1) is 17.3. The van der Waals surface area contributed by atoms with Gasteiger partial charge in [-0.3, -0.25) is 9.78 Å². The number of alkyl halides is 5. The minimum absolute atomic E-state index is 0.00694. The van der Waals surface area contributed by atoms with E-state index in [1.807, 2.05) is 0 Å². The quantitative estimate of drug-likeness (QED) is 0.663. The third-order valence-corrected chi connectivity index (χ3v) is 2.56. The number of amides is 1. The van der Waals surface area contributed by atoms with Gasteiger partial charge in [0.1, 0.15) is 5.69 Å². The Balaban J connectivity index is 0.000000262. The van der Waals surface area contributed by atoms with Crippen LogP contribution in [0.25, 0.3) is 0 Å². The summed E-state index contributed by atoms with van der Waals surface area (Å²) in [6.07, 6.45) is -2.86. The molecular weight excluding hydrogens is 297 g/mol. The molecule has 0 aromatic carbocycles. The van der Waals surface area contributed by atoms with Gasteiger partial charge in [-0.05, 0) is 11.6 Å². The molecule has 1 aliphatic heterocycles. The summed E-state index contributed by atoms with van der Waals surface area (Å²) in [5.41, 5.74) is -0.419. The molecule has 1 saturated heterocycles. The Morgan fingerprint density at radius 1 is 1.38 bits per heavy atom. The molecule has 0 bridgehead atoms. The number of pyridine rings is 1. The van der Waals surface area contributed by atoms with Gasteiger partial charge >= 0.3 is 6.18 Å². The van der Waals surface area contributed by atoms with Crippen LogP contribution in [-0.2, 0) is 17.5 Å². The van der Waals surface area contributed by atoms with Crippen LogP contribution in [0.15, 0.2) is 18.3 Å². The van der Waals surface area contributed by atoms with Gasteiger partial charge < -0.3 is 10.6 Å². The van der Waals surface area contributed by atoms with Crippen LogP contribution in [0.3, 0.4) is 0 Å². The molecule has 1 amide bonds. The number of nitrogens with one attached hydrogen (secondary N) is 2. The summed E-state index contributed by atoms with van der Waals surface area (Å²) in [5, 5.41) is 4.88. The van der Waals surface area contributed by atoms with Crippen LogP contribution in [-0.4, -0.2) is 30.4 Å². The highest BCUT2D eigenvalue weighted by Gasteiger charge is 2.32. The van der Waals surface area contributed by atoms with Gasteiger partial charge in [0.15, 0.2) is 0 Å². The minimum Gasteiger partial charge on any atom is -0.355 e. The standard InChI is InChI=1S/C8H7F3N2O.C4H7F2N/c9-8(10,11)7-2-1-6(4-13-7)3-12-5-14;5-4(6)1-2-7-3-4/h1-2,4-5H,3H2,(H,12,14);7H,1-3H2. The molecule has 2 N–H and O–H groups in total. The van der Waals surface area contributed by atoms with Crippen molar-refractivity contribution in [3.63, 3.8) is 0 Å². The summed E-state index contributed by atoms with van der Waals surface area (Å²) < 4.78 is 59.9. The highest BCUT2D eigenvalue weighted by molar-refractivity contribution is 5.46. The van der Waals surface area contributed by atoms with E-state index in [2.05, 4.69) is 15.6 Å². The highest BCUT2D eigenvalue weighted by atomic mass is 19.4. The predicted molar refractivity (Wildman–Crippen MR) is 64.6 cm³/mol. The lowest BCUT2D eigenvalue weighted by atomic mass is 10.2. The number of aromatic nitrogens is 1. The summed E-state index contributed by atoms with van der Waals surface area (Å²) in [5.74, 6) is -2.42. The first-order valence-electron chi connectivity index (χ1n) is 6.02. The van der Waals surface area contributed by atoms with E-state index >= 15 is 0 Å². The van der Waals surface area contributed by atoms with Gasteiger partial charge in [0.05, 0.1) is 6.54 Å². The van der Waals surface area contributed by atoms with Crippen molar-refractivity contribution < 1.29 is 26.7 Å². The maximum atomic E-state index is 12.0. The van der Waals surface area contributed by atoms with Crippen molar-refractivity contribution in [1.29, 1.82) is 0 Å². The summed E-state index contributed by atoms with van der Waals surface area (Å²) in [6, 6.07) is 2.15. The van der Waals surface area contributed by atoms with Crippen LogP contribution in [0, 0.1) is 0 Å². The third kappa shape index (κ3) is 6.48. The third-order valence-electron chi connectivity index (χ3n) is 2.56. The Morgan fingerprint density at radius 3 is 2.43 bits per heavy atom. The average molecular weight is 311 g/mol. The molecule has 0 aliphatic carbocycles. The molecule has 1 aliphatic rings. The second kappa shape index (κ2) is 7.30. The first-order chi connectivity index (χ1) is 9.74. The van der Waals surface area contributed by atoms with Crippen LogP contribution >= 0.6 is 0 Å². The molecule has 0 unspecified atom stereocenters. The topological polar surface area (TPSA) is 54.0 Å². The van der Waals surface area contributed by atoms with Gasteiger partial charge in [-0.15, -0.1) is 0 Å². The SMILES string of the molecule is FC1(F)CCNC1.O=CNCc1ccc(C(F)(F)F)nc1. The zero-order valence-electron chi connectivity index (χ0n) is 10.9. The molecule has 2 rings (SSSR count). The van der Waals surface area contributed by atoms with E-state index in [1.165, 1.54) is 6.07 Å². The van der Waals surface area contributed by atoms with Crippen molar-refractivity contribution in [1.82, 2.24) is 15.6 Å². The Bertz CT molecular complexity index is 439. The lowest BCUT2D eigenvalue weighted by molar-refractivity contribution is -0.141. The summed E-state index contributed by atoms with van der Waals surface area (Å²) >= 11 is 0. The van der Waals surface area contributed by atoms with Crippen molar-refractivity contribution in [3.05, 3.63) is 29.6 Å². The average Bonchev–Trinajstić information content (AvgIpc) is 2.81. The van der Waals surface area contributed by atoms with Crippen LogP contribution in [0.5, 0.6) is 0 Å². The van der Waals surface area contributed by atoms with Crippen LogP contribution in [0.1, 0.15) is 17.7 Å². The molecular formula is C12H14F5N3O. The molecule has 1 aromatic heterocycles. The molecule has 1 fully saturated rings. The summed E-state index contributed by atoms with van der Waals surface area (Å²) in [7, 11) is 0. The van der Waals surface area contributed by atoms with Crippen LogP contribution in [0.2, 0.25) is 0 Å². The lowest BCUT2D eigenvalue weighted by Crippen LogP contribution is -2.18. The normalized spacial score (nSPS) is 16.8. The zero-order chi connectivity index (χ0) is 15.9. The van der Waals surface area contributed by atoms with Gasteiger partial charge in [-0.25, -0.2) is 8.78 Å². The fourth-order valence-corrected chi connectivity index (χ4v) is 1.49. The van der Waals surface area contributed by atoms with Crippen LogP contribution in [0.4, 0.5) is 22.0 Å².